The van der Waals surface area contributed by atoms with E-state index < -0.39 is 10.8 Å². The van der Waals surface area contributed by atoms with E-state index in [9.17, 15) is 4.21 Å². The van der Waals surface area contributed by atoms with Crippen LogP contribution >= 0.6 is 0 Å². The fraction of sp³-hybridized carbons (Fsp3) is 0.517. The maximum Gasteiger partial charge on any atom is 0.121 e. The van der Waals surface area contributed by atoms with Gasteiger partial charge in [0.05, 0.1) is 22.4 Å². The van der Waals surface area contributed by atoms with E-state index in [-0.39, 0.29) is 17.8 Å². The molecule has 2 heterocycles. The summed E-state index contributed by atoms with van der Waals surface area (Å²) in [6.07, 6.45) is 6.66. The number of carbonyl (C=O) groups excluding carboxylic acids is 1. The third-order valence-corrected chi connectivity index (χ3v) is 7.86. The molecule has 3 atom stereocenters. The molecule has 7 nitrogen and oxygen atoms in total. The number of nitrogens with zero attached hydrogens (tertiary/aromatic N) is 2. The third-order valence-electron chi connectivity index (χ3n) is 6.41. The van der Waals surface area contributed by atoms with Crippen LogP contribution in [0.25, 0.3) is 0 Å². The van der Waals surface area contributed by atoms with Gasteiger partial charge in [0.25, 0.3) is 0 Å². The van der Waals surface area contributed by atoms with E-state index in [4.69, 9.17) is 20.4 Å². The molecule has 202 valence electrons. The molecule has 2 aliphatic rings. The number of rotatable bonds is 9. The van der Waals surface area contributed by atoms with Gasteiger partial charge in [-0.1, -0.05) is 19.4 Å². The number of fused-ring (bicyclic) bond motifs is 1. The topological polar surface area (TPSA) is 97.0 Å². The molecule has 0 spiro atoms. The van der Waals surface area contributed by atoms with E-state index in [1.165, 1.54) is 18.2 Å². The number of hydrogen-bond donors (Lipinski definition) is 2. The second kappa shape index (κ2) is 13.1. The lowest BCUT2D eigenvalue weighted by Crippen LogP contribution is -2.45. The van der Waals surface area contributed by atoms with Crippen molar-refractivity contribution in [3.05, 3.63) is 48.0 Å². The fourth-order valence-corrected chi connectivity index (χ4v) is 6.02. The van der Waals surface area contributed by atoms with E-state index in [2.05, 4.69) is 56.2 Å². The molecule has 0 saturated heterocycles. The summed E-state index contributed by atoms with van der Waals surface area (Å²) in [5.41, 5.74) is 9.87. The molecule has 0 aromatic heterocycles. The van der Waals surface area contributed by atoms with Crippen LogP contribution in [0.2, 0.25) is 0 Å². The van der Waals surface area contributed by atoms with E-state index in [0.717, 1.165) is 72.6 Å². The summed E-state index contributed by atoms with van der Waals surface area (Å²) >= 11 is 0. The highest BCUT2D eigenvalue weighted by Crippen LogP contribution is 2.31. The third kappa shape index (κ3) is 8.06. The van der Waals surface area contributed by atoms with Crippen LogP contribution in [0.1, 0.15) is 72.3 Å². The van der Waals surface area contributed by atoms with Crippen LogP contribution in [-0.4, -0.2) is 44.8 Å². The molecule has 8 heteroatoms. The summed E-state index contributed by atoms with van der Waals surface area (Å²) in [5.74, 6) is 1.60. The predicted molar refractivity (Wildman–Crippen MR) is 154 cm³/mol. The highest BCUT2D eigenvalue weighted by Gasteiger charge is 2.34. The normalized spacial score (nSPS) is 19.4. The highest BCUT2D eigenvalue weighted by molar-refractivity contribution is 7.85. The number of hydrazone groups is 1. The van der Waals surface area contributed by atoms with Gasteiger partial charge in [0.15, 0.2) is 0 Å². The summed E-state index contributed by atoms with van der Waals surface area (Å²) < 4.78 is 18.6. The molecule has 0 amide bonds. The minimum Gasteiger partial charge on any atom is -0.490 e. The zero-order valence-electron chi connectivity index (χ0n) is 22.8. The molecular formula is C29H42N4O3S. The SMILES string of the molecule is CC=O.CCCC(CCC1=NN(C(C)(C)C)C(Nc2ccc3c(c2)S(=O)CC3)C1)Oc1ccc(N)cc1. The Labute approximate surface area is 224 Å². The second-order valence-electron chi connectivity index (χ2n) is 10.5. The first-order valence-corrected chi connectivity index (χ1v) is 14.5. The predicted octanol–water partition coefficient (Wildman–Crippen LogP) is 5.76. The van der Waals surface area contributed by atoms with Crippen LogP contribution in [0.5, 0.6) is 5.75 Å². The van der Waals surface area contributed by atoms with E-state index in [1.54, 1.807) is 0 Å². The molecule has 0 bridgehead atoms. The Hall–Kier alpha value is -2.87. The van der Waals surface area contributed by atoms with Crippen LogP contribution < -0.4 is 15.8 Å². The van der Waals surface area contributed by atoms with Crippen LogP contribution in [0, 0.1) is 0 Å². The number of nitrogen functional groups attached to an aromatic ring is 1. The number of hydrogen-bond acceptors (Lipinski definition) is 7. The summed E-state index contributed by atoms with van der Waals surface area (Å²) in [4.78, 5) is 9.79. The minimum absolute atomic E-state index is 0.0746. The van der Waals surface area contributed by atoms with Crippen molar-refractivity contribution >= 4 is 34.2 Å². The molecule has 0 saturated carbocycles. The summed E-state index contributed by atoms with van der Waals surface area (Å²) in [7, 11) is -0.876. The average molecular weight is 527 g/mol. The molecule has 37 heavy (non-hydrogen) atoms. The van der Waals surface area contributed by atoms with Gasteiger partial charge in [0, 0.05) is 34.2 Å². The minimum atomic E-state index is -0.876. The quantitative estimate of drug-likeness (QED) is 0.318. The molecule has 0 fully saturated rings. The second-order valence-corrected chi connectivity index (χ2v) is 12.1. The first-order valence-electron chi connectivity index (χ1n) is 13.2. The first-order chi connectivity index (χ1) is 17.6. The molecule has 0 radical (unpaired) electrons. The lowest BCUT2D eigenvalue weighted by molar-refractivity contribution is -0.106. The number of aldehydes is 1. The monoisotopic (exact) mass is 526 g/mol. The lowest BCUT2D eigenvalue weighted by Gasteiger charge is -2.36. The number of nitrogens with two attached hydrogens (primary N) is 1. The van der Waals surface area contributed by atoms with E-state index in [0.29, 0.717) is 0 Å². The van der Waals surface area contributed by atoms with Crippen molar-refractivity contribution in [3.63, 3.8) is 0 Å². The van der Waals surface area contributed by atoms with Crippen molar-refractivity contribution in [3.8, 4) is 5.75 Å². The Kier molecular flexibility index (Phi) is 10.1. The van der Waals surface area contributed by atoms with Crippen molar-refractivity contribution < 1.29 is 13.7 Å². The summed E-state index contributed by atoms with van der Waals surface area (Å²) in [6, 6.07) is 13.9. The number of ether oxygens (including phenoxy) is 1. The molecule has 4 rings (SSSR count). The van der Waals surface area contributed by atoms with Gasteiger partial charge in [-0.05, 0) is 95.3 Å². The average Bonchev–Trinajstić information content (AvgIpc) is 3.43. The molecule has 3 N–H and O–H groups in total. The molecule has 3 unspecified atom stereocenters. The van der Waals surface area contributed by atoms with Crippen LogP contribution in [0.3, 0.4) is 0 Å². The van der Waals surface area contributed by atoms with Crippen molar-refractivity contribution in [2.24, 2.45) is 5.10 Å². The fourth-order valence-electron chi connectivity index (χ4n) is 4.67. The van der Waals surface area contributed by atoms with Gasteiger partial charge in [-0.15, -0.1) is 0 Å². The van der Waals surface area contributed by atoms with Gasteiger partial charge < -0.3 is 20.6 Å². The van der Waals surface area contributed by atoms with Gasteiger partial charge >= 0.3 is 0 Å². The zero-order chi connectivity index (χ0) is 27.0. The largest absolute Gasteiger partial charge is 0.490 e. The number of carbonyl (C=O) groups is 1. The van der Waals surface area contributed by atoms with Crippen LogP contribution in [-0.2, 0) is 22.0 Å². The van der Waals surface area contributed by atoms with Crippen molar-refractivity contribution in [1.82, 2.24) is 5.01 Å². The number of benzene rings is 2. The Morgan fingerprint density at radius 2 is 1.92 bits per heavy atom. The van der Waals surface area contributed by atoms with Crippen molar-refractivity contribution in [1.29, 1.82) is 0 Å². The van der Waals surface area contributed by atoms with Gasteiger partial charge in [0.1, 0.15) is 18.2 Å². The van der Waals surface area contributed by atoms with Gasteiger partial charge in [-0.25, -0.2) is 0 Å². The highest BCUT2D eigenvalue weighted by atomic mass is 32.2. The smallest absolute Gasteiger partial charge is 0.121 e. The van der Waals surface area contributed by atoms with E-state index in [1.807, 2.05) is 24.3 Å². The van der Waals surface area contributed by atoms with Gasteiger partial charge in [-0.2, -0.15) is 5.10 Å². The summed E-state index contributed by atoms with van der Waals surface area (Å²) in [5, 5.41) is 10.9. The maximum atomic E-state index is 12.3. The molecule has 2 aromatic carbocycles. The Morgan fingerprint density at radius 1 is 1.22 bits per heavy atom. The Morgan fingerprint density at radius 3 is 2.57 bits per heavy atom. The van der Waals surface area contributed by atoms with Gasteiger partial charge in [-0.3, -0.25) is 9.22 Å². The van der Waals surface area contributed by atoms with Crippen molar-refractivity contribution in [2.75, 3.05) is 16.8 Å². The summed E-state index contributed by atoms with van der Waals surface area (Å²) in [6.45, 7) is 10.2. The number of aryl methyl sites for hydroxylation is 1. The Bertz CT molecular complexity index is 1100. The lowest BCUT2D eigenvalue weighted by atomic mass is 10.0. The number of anilines is 2. The molecule has 0 aliphatic carbocycles. The molecule has 2 aromatic rings. The standard InChI is InChI=1S/C27H38N4O2S.C2H4O/c1-5-6-23(33-24-12-8-20(28)9-13-24)14-11-22-18-26(31(30-22)27(2,3)4)29-21-10-7-19-15-16-34(32)25(19)17-21;1-2-3/h7-10,12-13,17,23,26,29H,5-6,11,14-16,18,28H2,1-4H3;2H,1H3. The van der Waals surface area contributed by atoms with Crippen LogP contribution in [0.4, 0.5) is 11.4 Å². The Balaban J connectivity index is 0.00000121. The number of nitrogens with one attached hydrogen (secondary N) is 1. The van der Waals surface area contributed by atoms with E-state index >= 15 is 0 Å². The van der Waals surface area contributed by atoms with Crippen LogP contribution in [0.15, 0.2) is 52.5 Å². The maximum absolute atomic E-state index is 12.3. The van der Waals surface area contributed by atoms with Crippen molar-refractivity contribution in [2.45, 2.75) is 95.8 Å². The van der Waals surface area contributed by atoms with Gasteiger partial charge in [0.2, 0.25) is 0 Å². The molecule has 2 aliphatic heterocycles. The molecular weight excluding hydrogens is 484 g/mol. The zero-order valence-corrected chi connectivity index (χ0v) is 23.6. The first kappa shape index (κ1) is 28.7.